The molecule has 19 heavy (non-hydrogen) atoms. The van der Waals surface area contributed by atoms with Crippen molar-refractivity contribution in [2.24, 2.45) is 17.6 Å². The third-order valence-electron chi connectivity index (χ3n) is 4.54. The minimum absolute atomic E-state index is 0.525. The Morgan fingerprint density at radius 3 is 2.58 bits per heavy atom. The number of hydrogen-bond donors (Lipinski definition) is 1. The van der Waals surface area contributed by atoms with E-state index in [4.69, 9.17) is 18.0 Å². The van der Waals surface area contributed by atoms with Crippen molar-refractivity contribution >= 4 is 34.7 Å². The SMILES string of the molecule is CSc1cccc(N2CC3CCCC3C2)c1C(N)=S. The highest BCUT2D eigenvalue weighted by atomic mass is 32.2. The number of anilines is 1. The molecular weight excluding hydrogens is 272 g/mol. The average molecular weight is 292 g/mol. The summed E-state index contributed by atoms with van der Waals surface area (Å²) in [6, 6.07) is 6.41. The molecule has 0 spiro atoms. The Labute approximate surface area is 124 Å². The zero-order valence-electron chi connectivity index (χ0n) is 11.3. The smallest absolute Gasteiger partial charge is 0.107 e. The largest absolute Gasteiger partial charge is 0.389 e. The van der Waals surface area contributed by atoms with Crippen LogP contribution in [0.15, 0.2) is 23.1 Å². The van der Waals surface area contributed by atoms with E-state index in [2.05, 4.69) is 29.4 Å². The van der Waals surface area contributed by atoms with Crippen LogP contribution in [0.1, 0.15) is 24.8 Å². The van der Waals surface area contributed by atoms with Crippen molar-refractivity contribution in [3.63, 3.8) is 0 Å². The predicted octanol–water partition coefficient (Wildman–Crippen LogP) is 3.28. The fourth-order valence-corrected chi connectivity index (χ4v) is 4.54. The van der Waals surface area contributed by atoms with Crippen LogP contribution in [0.4, 0.5) is 5.69 Å². The fourth-order valence-electron chi connectivity index (χ4n) is 3.63. The summed E-state index contributed by atoms with van der Waals surface area (Å²) in [4.78, 5) is 4.22. The number of fused-ring (bicyclic) bond motifs is 1. The molecule has 2 N–H and O–H groups in total. The fraction of sp³-hybridized carbons (Fsp3) is 0.533. The van der Waals surface area contributed by atoms with E-state index in [1.807, 2.05) is 0 Å². The maximum atomic E-state index is 5.97. The predicted molar refractivity (Wildman–Crippen MR) is 87.2 cm³/mol. The van der Waals surface area contributed by atoms with Crippen LogP contribution in [0.2, 0.25) is 0 Å². The summed E-state index contributed by atoms with van der Waals surface area (Å²) >= 11 is 7.00. The summed E-state index contributed by atoms with van der Waals surface area (Å²) in [6.07, 6.45) is 6.29. The zero-order valence-corrected chi connectivity index (χ0v) is 12.9. The summed E-state index contributed by atoms with van der Waals surface area (Å²) in [6.45, 7) is 2.36. The van der Waals surface area contributed by atoms with Gasteiger partial charge in [0.1, 0.15) is 4.99 Å². The van der Waals surface area contributed by atoms with E-state index >= 15 is 0 Å². The standard InChI is InChI=1S/C15H20N2S2/c1-19-13-7-3-6-12(14(13)15(16)18)17-8-10-4-2-5-11(10)9-17/h3,6-7,10-11H,2,4-5,8-9H2,1H3,(H2,16,18). The van der Waals surface area contributed by atoms with Crippen LogP contribution in [0, 0.1) is 11.8 Å². The van der Waals surface area contributed by atoms with Gasteiger partial charge in [-0.05, 0) is 43.1 Å². The van der Waals surface area contributed by atoms with Gasteiger partial charge in [0, 0.05) is 29.2 Å². The third-order valence-corrected chi connectivity index (χ3v) is 5.52. The molecule has 1 saturated carbocycles. The van der Waals surface area contributed by atoms with E-state index in [0.29, 0.717) is 4.99 Å². The van der Waals surface area contributed by atoms with Crippen LogP contribution >= 0.6 is 24.0 Å². The second kappa shape index (κ2) is 5.33. The third kappa shape index (κ3) is 2.36. The van der Waals surface area contributed by atoms with Gasteiger partial charge < -0.3 is 10.6 Å². The molecule has 2 atom stereocenters. The first-order valence-corrected chi connectivity index (χ1v) is 8.55. The first kappa shape index (κ1) is 13.3. The van der Waals surface area contributed by atoms with E-state index in [1.54, 1.807) is 11.8 Å². The van der Waals surface area contributed by atoms with Gasteiger partial charge in [0.2, 0.25) is 0 Å². The number of thioether (sulfide) groups is 1. The molecule has 1 aromatic rings. The summed E-state index contributed by atoms with van der Waals surface area (Å²) in [5.41, 5.74) is 8.28. The average Bonchev–Trinajstić information content (AvgIpc) is 2.98. The van der Waals surface area contributed by atoms with Crippen LogP contribution in [-0.4, -0.2) is 24.3 Å². The van der Waals surface area contributed by atoms with Crippen LogP contribution < -0.4 is 10.6 Å². The highest BCUT2D eigenvalue weighted by molar-refractivity contribution is 7.98. The number of hydrogen-bond acceptors (Lipinski definition) is 3. The molecule has 1 aliphatic heterocycles. The molecule has 0 radical (unpaired) electrons. The van der Waals surface area contributed by atoms with E-state index in [0.717, 1.165) is 17.4 Å². The topological polar surface area (TPSA) is 29.3 Å². The van der Waals surface area contributed by atoms with Crippen molar-refractivity contribution < 1.29 is 0 Å². The summed E-state index contributed by atoms with van der Waals surface area (Å²) in [5.74, 6) is 1.77. The lowest BCUT2D eigenvalue weighted by atomic mass is 10.0. The second-order valence-electron chi connectivity index (χ2n) is 5.57. The van der Waals surface area contributed by atoms with Crippen LogP contribution in [0.3, 0.4) is 0 Å². The maximum absolute atomic E-state index is 5.97. The van der Waals surface area contributed by atoms with Crippen LogP contribution in [0.5, 0.6) is 0 Å². The van der Waals surface area contributed by atoms with E-state index < -0.39 is 0 Å². The lowest BCUT2D eigenvalue weighted by Crippen LogP contribution is -2.25. The molecule has 3 rings (SSSR count). The first-order valence-electron chi connectivity index (χ1n) is 6.92. The number of nitrogens with zero attached hydrogens (tertiary/aromatic N) is 1. The summed E-state index contributed by atoms with van der Waals surface area (Å²) in [7, 11) is 0. The van der Waals surface area contributed by atoms with Gasteiger partial charge in [-0.15, -0.1) is 11.8 Å². The maximum Gasteiger partial charge on any atom is 0.107 e. The molecule has 2 fully saturated rings. The second-order valence-corrected chi connectivity index (χ2v) is 6.86. The molecule has 2 aliphatic rings. The highest BCUT2D eigenvalue weighted by Crippen LogP contribution is 2.41. The van der Waals surface area contributed by atoms with Crippen molar-refractivity contribution in [2.45, 2.75) is 24.2 Å². The zero-order chi connectivity index (χ0) is 13.4. The van der Waals surface area contributed by atoms with Crippen LogP contribution in [0.25, 0.3) is 0 Å². The molecule has 2 nitrogen and oxygen atoms in total. The van der Waals surface area contributed by atoms with Crippen molar-refractivity contribution in [3.8, 4) is 0 Å². The van der Waals surface area contributed by atoms with Gasteiger partial charge in [0.25, 0.3) is 0 Å². The molecule has 1 heterocycles. The molecule has 0 bridgehead atoms. The Bertz CT molecular complexity index is 489. The van der Waals surface area contributed by atoms with Crippen molar-refractivity contribution in [3.05, 3.63) is 23.8 Å². The van der Waals surface area contributed by atoms with E-state index in [1.165, 1.54) is 42.9 Å². The summed E-state index contributed by atoms with van der Waals surface area (Å²) < 4.78 is 0. The number of nitrogens with two attached hydrogens (primary N) is 1. The van der Waals surface area contributed by atoms with Gasteiger partial charge in [-0.1, -0.05) is 24.7 Å². The number of rotatable bonds is 3. The highest BCUT2D eigenvalue weighted by Gasteiger charge is 2.36. The Kier molecular flexibility index (Phi) is 3.72. The molecule has 102 valence electrons. The van der Waals surface area contributed by atoms with Gasteiger partial charge in [-0.2, -0.15) is 0 Å². The Morgan fingerprint density at radius 2 is 2.00 bits per heavy atom. The first-order chi connectivity index (χ1) is 9.20. The van der Waals surface area contributed by atoms with Crippen LogP contribution in [-0.2, 0) is 0 Å². The van der Waals surface area contributed by atoms with Gasteiger partial charge in [0.05, 0.1) is 0 Å². The number of thiocarbonyl (C=S) groups is 1. The molecule has 1 aliphatic carbocycles. The summed E-state index contributed by atoms with van der Waals surface area (Å²) in [5, 5.41) is 0. The van der Waals surface area contributed by atoms with E-state index in [9.17, 15) is 0 Å². The lowest BCUT2D eigenvalue weighted by Gasteiger charge is -2.24. The van der Waals surface area contributed by atoms with Gasteiger partial charge in [-0.3, -0.25) is 0 Å². The Balaban J connectivity index is 1.94. The van der Waals surface area contributed by atoms with Gasteiger partial charge in [0.15, 0.2) is 0 Å². The molecular formula is C15H20N2S2. The van der Waals surface area contributed by atoms with Gasteiger partial charge in [-0.25, -0.2) is 0 Å². The molecule has 1 aromatic carbocycles. The molecule has 0 amide bonds. The quantitative estimate of drug-likeness (QED) is 0.684. The van der Waals surface area contributed by atoms with Crippen molar-refractivity contribution in [1.29, 1.82) is 0 Å². The minimum Gasteiger partial charge on any atom is -0.389 e. The minimum atomic E-state index is 0.525. The Morgan fingerprint density at radius 1 is 1.32 bits per heavy atom. The molecule has 4 heteroatoms. The van der Waals surface area contributed by atoms with Gasteiger partial charge >= 0.3 is 0 Å². The Hall–Kier alpha value is -0.740. The normalized spacial score (nSPS) is 25.6. The van der Waals surface area contributed by atoms with Crippen molar-refractivity contribution in [2.75, 3.05) is 24.2 Å². The molecule has 0 aromatic heterocycles. The van der Waals surface area contributed by atoms with E-state index in [-0.39, 0.29) is 0 Å². The lowest BCUT2D eigenvalue weighted by molar-refractivity contribution is 0.494. The number of benzene rings is 1. The monoisotopic (exact) mass is 292 g/mol. The molecule has 2 unspecified atom stereocenters. The molecule has 1 saturated heterocycles. The van der Waals surface area contributed by atoms with Crippen molar-refractivity contribution in [1.82, 2.24) is 0 Å².